The number of hydrogen-bond acceptors (Lipinski definition) is 4. The van der Waals surface area contributed by atoms with Gasteiger partial charge < -0.3 is 4.57 Å². The van der Waals surface area contributed by atoms with Gasteiger partial charge in [-0.05, 0) is 43.0 Å². The number of fused-ring (bicyclic) bond motifs is 1. The molecule has 0 amide bonds. The number of nitrogens with zero attached hydrogens (tertiary/aromatic N) is 5. The molecule has 0 N–H and O–H groups in total. The minimum absolute atomic E-state index is 0.174. The van der Waals surface area contributed by atoms with Crippen molar-refractivity contribution in [1.29, 1.82) is 5.26 Å². The Kier molecular flexibility index (Phi) is 5.78. The monoisotopic (exact) mass is 379 g/mol. The lowest BCUT2D eigenvalue weighted by Crippen LogP contribution is -2.41. The second-order valence-electron chi connectivity index (χ2n) is 7.04. The Labute approximate surface area is 163 Å². The smallest absolute Gasteiger partial charge is 0.325 e. The summed E-state index contributed by atoms with van der Waals surface area (Å²) in [5, 5.41) is 9.05. The largest absolute Gasteiger partial charge is 0.333 e. The number of imidazole rings is 1. The van der Waals surface area contributed by atoms with Crippen molar-refractivity contribution < 1.29 is 0 Å². The maximum absolute atomic E-state index is 13.2. The van der Waals surface area contributed by atoms with Crippen molar-refractivity contribution in [3.63, 3.8) is 0 Å². The number of rotatable bonds is 7. The van der Waals surface area contributed by atoms with Gasteiger partial charge >= 0.3 is 5.69 Å². The molecule has 2 heterocycles. The summed E-state index contributed by atoms with van der Waals surface area (Å²) >= 11 is 0. The summed E-state index contributed by atoms with van der Waals surface area (Å²) in [6.07, 6.45) is 4.37. The number of unbranched alkanes of at least 4 members (excludes halogenated alkanes) is 1. The van der Waals surface area contributed by atoms with Crippen LogP contribution >= 0.6 is 0 Å². The molecule has 2 aromatic heterocycles. The molecule has 0 bridgehead atoms. The van der Waals surface area contributed by atoms with Gasteiger partial charge in [-0.3, -0.25) is 13.9 Å². The first-order chi connectivity index (χ1) is 13.5. The molecule has 7 heteroatoms. The highest BCUT2D eigenvalue weighted by molar-refractivity contribution is 5.70. The third-order valence-corrected chi connectivity index (χ3v) is 4.98. The Hall–Kier alpha value is -3.14. The molecule has 0 radical (unpaired) electrons. The molecule has 1 aromatic carbocycles. The molecule has 0 saturated carbocycles. The van der Waals surface area contributed by atoms with E-state index in [1.54, 1.807) is 23.0 Å². The Morgan fingerprint density at radius 3 is 2.54 bits per heavy atom. The van der Waals surface area contributed by atoms with Crippen LogP contribution in [0, 0.1) is 18.3 Å². The van der Waals surface area contributed by atoms with E-state index in [0.29, 0.717) is 29.8 Å². The molecule has 0 aliphatic carbocycles. The Balaban J connectivity index is 2.20. The van der Waals surface area contributed by atoms with E-state index in [1.807, 2.05) is 24.5 Å². The van der Waals surface area contributed by atoms with Crippen molar-refractivity contribution in [2.75, 3.05) is 0 Å². The van der Waals surface area contributed by atoms with Crippen LogP contribution in [0.4, 0.5) is 0 Å². The molecule has 146 valence electrons. The van der Waals surface area contributed by atoms with Gasteiger partial charge in [-0.2, -0.15) is 5.26 Å². The highest BCUT2D eigenvalue weighted by Crippen LogP contribution is 2.13. The summed E-state index contributed by atoms with van der Waals surface area (Å²) in [7, 11) is 0. The molecule has 28 heavy (non-hydrogen) atoms. The minimum atomic E-state index is -0.344. The molecule has 0 aliphatic heterocycles. The molecular weight excluding hydrogens is 354 g/mol. The van der Waals surface area contributed by atoms with Crippen molar-refractivity contribution in [3.05, 3.63) is 62.1 Å². The van der Waals surface area contributed by atoms with Gasteiger partial charge in [0.2, 0.25) is 0 Å². The van der Waals surface area contributed by atoms with Gasteiger partial charge in [0.05, 0.1) is 24.5 Å². The maximum atomic E-state index is 13.2. The number of aromatic nitrogens is 4. The van der Waals surface area contributed by atoms with Crippen molar-refractivity contribution in [2.24, 2.45) is 0 Å². The van der Waals surface area contributed by atoms with Crippen LogP contribution in [-0.4, -0.2) is 18.7 Å². The second-order valence-corrected chi connectivity index (χ2v) is 7.04. The molecule has 3 aromatic rings. The molecule has 0 atom stereocenters. The predicted octanol–water partition coefficient (Wildman–Crippen LogP) is 2.80. The fourth-order valence-corrected chi connectivity index (χ4v) is 3.41. The van der Waals surface area contributed by atoms with Crippen molar-refractivity contribution >= 4 is 11.2 Å². The van der Waals surface area contributed by atoms with Crippen LogP contribution in [-0.2, 0) is 19.6 Å². The SMILES string of the molecule is CCCCn1cnc2c1c(=O)n(Cc1ccc(C#N)cc1C)c(=O)n2CCC. The van der Waals surface area contributed by atoms with Crippen molar-refractivity contribution in [3.8, 4) is 6.07 Å². The molecule has 7 nitrogen and oxygen atoms in total. The Bertz CT molecular complexity index is 1160. The second kappa shape index (κ2) is 8.26. The zero-order valence-corrected chi connectivity index (χ0v) is 16.6. The van der Waals surface area contributed by atoms with E-state index in [1.165, 1.54) is 4.57 Å². The maximum Gasteiger partial charge on any atom is 0.333 e. The van der Waals surface area contributed by atoms with E-state index in [9.17, 15) is 9.59 Å². The lowest BCUT2D eigenvalue weighted by Gasteiger charge is -2.13. The average molecular weight is 379 g/mol. The van der Waals surface area contributed by atoms with E-state index in [0.717, 1.165) is 30.4 Å². The van der Waals surface area contributed by atoms with Gasteiger partial charge in [0.15, 0.2) is 11.2 Å². The lowest BCUT2D eigenvalue weighted by molar-refractivity contribution is 0.584. The predicted molar refractivity (Wildman–Crippen MR) is 108 cm³/mol. The van der Waals surface area contributed by atoms with Crippen LogP contribution in [0.5, 0.6) is 0 Å². The van der Waals surface area contributed by atoms with Crippen LogP contribution in [0.1, 0.15) is 49.8 Å². The summed E-state index contributed by atoms with van der Waals surface area (Å²) in [6.45, 7) is 7.35. The van der Waals surface area contributed by atoms with E-state index in [4.69, 9.17) is 5.26 Å². The zero-order valence-electron chi connectivity index (χ0n) is 16.6. The van der Waals surface area contributed by atoms with Gasteiger partial charge in [0, 0.05) is 13.1 Å². The summed E-state index contributed by atoms with van der Waals surface area (Å²) in [6, 6.07) is 7.40. The zero-order chi connectivity index (χ0) is 20.3. The molecule has 0 spiro atoms. The molecule has 0 saturated heterocycles. The number of nitriles is 1. The Morgan fingerprint density at radius 1 is 1.11 bits per heavy atom. The number of aryl methyl sites for hydroxylation is 3. The molecular formula is C21H25N5O2. The van der Waals surface area contributed by atoms with Gasteiger partial charge in [0.1, 0.15) is 0 Å². The highest BCUT2D eigenvalue weighted by atomic mass is 16.2. The first-order valence-electron chi connectivity index (χ1n) is 9.69. The van der Waals surface area contributed by atoms with Crippen LogP contribution in [0.3, 0.4) is 0 Å². The fourth-order valence-electron chi connectivity index (χ4n) is 3.41. The first kappa shape index (κ1) is 19.6. The highest BCUT2D eigenvalue weighted by Gasteiger charge is 2.18. The van der Waals surface area contributed by atoms with Crippen LogP contribution in [0.25, 0.3) is 11.2 Å². The molecule has 3 rings (SSSR count). The van der Waals surface area contributed by atoms with E-state index < -0.39 is 0 Å². The van der Waals surface area contributed by atoms with Crippen LogP contribution in [0.15, 0.2) is 34.1 Å². The number of hydrogen-bond donors (Lipinski definition) is 0. The van der Waals surface area contributed by atoms with Crippen molar-refractivity contribution in [2.45, 2.75) is 59.7 Å². The normalized spacial score (nSPS) is 11.1. The quantitative estimate of drug-likeness (QED) is 0.632. The van der Waals surface area contributed by atoms with Gasteiger partial charge in [-0.1, -0.05) is 26.3 Å². The standard InChI is InChI=1S/C21H25N5O2/c1-4-6-10-24-14-23-19-18(24)20(27)26(21(28)25(19)9-5-2)13-17-8-7-16(12-22)11-15(17)3/h7-8,11,14H,4-6,9-10,13H2,1-3H3. The van der Waals surface area contributed by atoms with E-state index in [2.05, 4.69) is 18.0 Å². The molecule has 0 unspecified atom stereocenters. The fraction of sp³-hybridized carbons (Fsp3) is 0.429. The van der Waals surface area contributed by atoms with E-state index >= 15 is 0 Å². The summed E-state index contributed by atoms with van der Waals surface area (Å²) in [5.41, 5.74) is 2.57. The lowest BCUT2D eigenvalue weighted by atomic mass is 10.1. The van der Waals surface area contributed by atoms with Crippen LogP contribution in [0.2, 0.25) is 0 Å². The number of benzene rings is 1. The minimum Gasteiger partial charge on any atom is -0.325 e. The molecule has 0 aliphatic rings. The van der Waals surface area contributed by atoms with Crippen LogP contribution < -0.4 is 11.2 Å². The molecule has 0 fully saturated rings. The topological polar surface area (TPSA) is 85.6 Å². The van der Waals surface area contributed by atoms with Gasteiger partial charge in [-0.25, -0.2) is 9.78 Å². The van der Waals surface area contributed by atoms with E-state index in [-0.39, 0.29) is 17.8 Å². The van der Waals surface area contributed by atoms with Gasteiger partial charge in [0.25, 0.3) is 5.56 Å². The van der Waals surface area contributed by atoms with Gasteiger partial charge in [-0.15, -0.1) is 0 Å². The summed E-state index contributed by atoms with van der Waals surface area (Å²) in [5.74, 6) is 0. The Morgan fingerprint density at radius 2 is 1.89 bits per heavy atom. The average Bonchev–Trinajstić information content (AvgIpc) is 3.11. The summed E-state index contributed by atoms with van der Waals surface area (Å²) < 4.78 is 4.74. The summed E-state index contributed by atoms with van der Waals surface area (Å²) in [4.78, 5) is 30.7. The van der Waals surface area contributed by atoms with Crippen molar-refractivity contribution in [1.82, 2.24) is 18.7 Å². The third-order valence-electron chi connectivity index (χ3n) is 4.98. The first-order valence-corrected chi connectivity index (χ1v) is 9.69. The third kappa shape index (κ3) is 3.50.